The lowest BCUT2D eigenvalue weighted by Gasteiger charge is -2.39. The minimum absolute atomic E-state index is 0.0617. The van der Waals surface area contributed by atoms with Crippen molar-refractivity contribution in [3.05, 3.63) is 169 Å². The highest BCUT2D eigenvalue weighted by atomic mass is 31.2. The van der Waals surface area contributed by atoms with Gasteiger partial charge in [0, 0.05) is 27.4 Å². The van der Waals surface area contributed by atoms with Gasteiger partial charge in [0.2, 0.25) is 0 Å². The molecule has 0 spiro atoms. The van der Waals surface area contributed by atoms with Crippen LogP contribution in [0.5, 0.6) is 0 Å². The largest absolute Gasteiger partial charge is 0.319 e. The summed E-state index contributed by atoms with van der Waals surface area (Å²) in [4.78, 5) is 15.2. The molecule has 0 radical (unpaired) electrons. The lowest BCUT2D eigenvalue weighted by Crippen LogP contribution is -2.30. The Labute approximate surface area is 307 Å². The molecule has 256 valence electrons. The summed E-state index contributed by atoms with van der Waals surface area (Å²) in [5, 5.41) is 0.916. The van der Waals surface area contributed by atoms with Crippen molar-refractivity contribution < 1.29 is 4.57 Å². The molecule has 6 aromatic carbocycles. The molecule has 7 aromatic rings. The molecule has 0 bridgehead atoms. The van der Waals surface area contributed by atoms with E-state index in [-0.39, 0.29) is 5.41 Å². The minimum atomic E-state index is -2.34. The molecule has 5 heteroatoms. The van der Waals surface area contributed by atoms with Gasteiger partial charge in [0.25, 0.3) is 0 Å². The molecule has 0 unspecified atom stereocenters. The number of aromatic nitrogens is 3. The topological polar surface area (TPSA) is 55.7 Å². The minimum Gasteiger partial charge on any atom is -0.319 e. The Bertz CT molecular complexity index is 2360. The summed E-state index contributed by atoms with van der Waals surface area (Å²) in [5.41, 5.74) is 9.97. The molecule has 1 aliphatic rings. The predicted octanol–water partition coefficient (Wildman–Crippen LogP) is 11.7. The summed E-state index contributed by atoms with van der Waals surface area (Å²) in [5.74, 6) is 1.97. The van der Waals surface area contributed by atoms with Crippen LogP contribution in [0.3, 0.4) is 0 Å². The van der Waals surface area contributed by atoms with Crippen molar-refractivity contribution in [2.24, 2.45) is 0 Å². The van der Waals surface area contributed by atoms with Crippen LogP contribution in [0.15, 0.2) is 158 Å². The second-order valence-electron chi connectivity index (χ2n) is 14.3. The maximum Gasteiger partial charge on any atom is 0.164 e. The van der Waals surface area contributed by atoms with E-state index in [1.54, 1.807) is 0 Å². The number of hydrogen-bond donors (Lipinski definition) is 0. The Kier molecular flexibility index (Phi) is 9.26. The van der Waals surface area contributed by atoms with Gasteiger partial charge in [-0.25, -0.2) is 15.0 Å². The van der Waals surface area contributed by atoms with Crippen LogP contribution in [-0.2, 0) is 9.98 Å². The van der Waals surface area contributed by atoms with Crippen molar-refractivity contribution >= 4 is 12.4 Å². The molecule has 1 aromatic heterocycles. The molecule has 0 amide bonds. The molecule has 0 atom stereocenters. The molecule has 0 N–H and O–H groups in total. The van der Waals surface area contributed by atoms with Crippen molar-refractivity contribution in [1.82, 2.24) is 15.0 Å². The van der Waals surface area contributed by atoms with Crippen LogP contribution in [0, 0.1) is 0 Å². The van der Waals surface area contributed by atoms with Crippen LogP contribution in [0.25, 0.3) is 56.4 Å². The first-order chi connectivity index (χ1) is 25.4. The van der Waals surface area contributed by atoms with E-state index in [2.05, 4.69) is 115 Å². The Morgan fingerprint density at radius 2 is 0.923 bits per heavy atom. The molecule has 1 fully saturated rings. The Morgan fingerprint density at radius 3 is 1.52 bits per heavy atom. The average molecular weight is 696 g/mol. The Hall–Kier alpha value is -5.44. The summed E-state index contributed by atoms with van der Waals surface area (Å²) in [6, 6.07) is 55.2. The Balaban J connectivity index is 1.17. The Morgan fingerprint density at radius 1 is 0.442 bits per heavy atom. The molecular weight excluding hydrogens is 654 g/mol. The molecule has 0 saturated heterocycles. The first-order valence-corrected chi connectivity index (χ1v) is 20.8. The highest BCUT2D eigenvalue weighted by Gasteiger charge is 2.35. The summed E-state index contributed by atoms with van der Waals surface area (Å²) in [6.45, 7) is 3.67. The first-order valence-electron chi connectivity index (χ1n) is 18.2. The number of rotatable bonds is 8. The SMILES string of the molecule is CP(C)(=O)c1cccc(-c2ccc(C3(c4ccc(-c5nc(-c6ccccc6)nc(-c6ccccc6-c6ccccc6)n5)cc4)CCCCC3)cc2)c1. The number of nitrogens with zero attached hydrogens (tertiary/aromatic N) is 3. The van der Waals surface area contributed by atoms with E-state index >= 15 is 0 Å². The lowest BCUT2D eigenvalue weighted by molar-refractivity contribution is 0.346. The maximum atomic E-state index is 12.8. The fourth-order valence-corrected chi connectivity index (χ4v) is 8.62. The molecule has 8 rings (SSSR count). The smallest absolute Gasteiger partial charge is 0.164 e. The van der Waals surface area contributed by atoms with E-state index in [0.29, 0.717) is 17.5 Å². The van der Waals surface area contributed by atoms with Gasteiger partial charge in [-0.2, -0.15) is 0 Å². The summed E-state index contributed by atoms with van der Waals surface area (Å²) >= 11 is 0. The van der Waals surface area contributed by atoms with Crippen LogP contribution >= 0.6 is 7.14 Å². The molecular formula is C47H42N3OP. The van der Waals surface area contributed by atoms with Crippen LogP contribution < -0.4 is 5.30 Å². The summed E-state index contributed by atoms with van der Waals surface area (Å²) in [6.07, 6.45) is 5.89. The second-order valence-corrected chi connectivity index (χ2v) is 17.5. The fourth-order valence-electron chi connectivity index (χ4n) is 7.73. The third-order valence-electron chi connectivity index (χ3n) is 10.6. The normalized spacial score (nSPS) is 14.2. The lowest BCUT2D eigenvalue weighted by atomic mass is 9.65. The van der Waals surface area contributed by atoms with Gasteiger partial charge < -0.3 is 4.57 Å². The van der Waals surface area contributed by atoms with Gasteiger partial charge in [-0.05, 0) is 65.6 Å². The zero-order chi connectivity index (χ0) is 35.5. The zero-order valence-corrected chi connectivity index (χ0v) is 30.6. The first kappa shape index (κ1) is 33.7. The zero-order valence-electron chi connectivity index (χ0n) is 29.7. The van der Waals surface area contributed by atoms with E-state index < -0.39 is 7.14 Å². The van der Waals surface area contributed by atoms with Crippen LogP contribution in [0.1, 0.15) is 43.2 Å². The summed E-state index contributed by atoms with van der Waals surface area (Å²) < 4.78 is 12.8. The quantitative estimate of drug-likeness (QED) is 0.149. The van der Waals surface area contributed by atoms with Gasteiger partial charge in [-0.15, -0.1) is 0 Å². The van der Waals surface area contributed by atoms with Crippen molar-refractivity contribution in [3.63, 3.8) is 0 Å². The summed E-state index contributed by atoms with van der Waals surface area (Å²) in [7, 11) is -2.34. The third-order valence-corrected chi connectivity index (χ3v) is 12.1. The molecule has 1 aliphatic carbocycles. The molecule has 52 heavy (non-hydrogen) atoms. The standard InChI is InChI=1S/C47H42N3OP/c1-52(2,51)41-20-14-19-38(33-41)34-23-27-39(28-24-34)47(31-12-5-13-32-47)40-29-25-37(26-30-40)45-48-44(36-17-8-4-9-18-36)49-46(50-45)43-22-11-10-21-42(43)35-15-6-3-7-16-35/h3-4,6-11,14-30,33H,5,12-13,31-32H2,1-2H3. The number of benzene rings is 6. The van der Waals surface area contributed by atoms with Gasteiger partial charge in [-0.1, -0.05) is 171 Å². The maximum absolute atomic E-state index is 12.8. The monoisotopic (exact) mass is 695 g/mol. The fraction of sp³-hybridized carbons (Fsp3) is 0.170. The highest BCUT2D eigenvalue weighted by Crippen LogP contribution is 2.46. The molecule has 0 aliphatic heterocycles. The average Bonchev–Trinajstić information content (AvgIpc) is 3.21. The number of hydrogen-bond acceptors (Lipinski definition) is 4. The van der Waals surface area contributed by atoms with Crippen LogP contribution in [0.2, 0.25) is 0 Å². The van der Waals surface area contributed by atoms with E-state index in [9.17, 15) is 4.57 Å². The van der Waals surface area contributed by atoms with Gasteiger partial charge in [-0.3, -0.25) is 0 Å². The van der Waals surface area contributed by atoms with Gasteiger partial charge in [0.15, 0.2) is 17.5 Å². The van der Waals surface area contributed by atoms with E-state index in [1.807, 2.05) is 55.8 Å². The second kappa shape index (κ2) is 14.3. The highest BCUT2D eigenvalue weighted by molar-refractivity contribution is 7.70. The van der Waals surface area contributed by atoms with Crippen LogP contribution in [-0.4, -0.2) is 28.3 Å². The molecule has 4 nitrogen and oxygen atoms in total. The molecule has 1 heterocycles. The van der Waals surface area contributed by atoms with E-state index in [4.69, 9.17) is 15.0 Å². The predicted molar refractivity (Wildman–Crippen MR) is 216 cm³/mol. The molecule has 1 saturated carbocycles. The van der Waals surface area contributed by atoms with Gasteiger partial charge in [0.1, 0.15) is 7.14 Å². The third kappa shape index (κ3) is 6.79. The van der Waals surface area contributed by atoms with E-state index in [0.717, 1.165) is 57.1 Å². The van der Waals surface area contributed by atoms with Gasteiger partial charge >= 0.3 is 0 Å². The van der Waals surface area contributed by atoms with Gasteiger partial charge in [0.05, 0.1) is 0 Å². The van der Waals surface area contributed by atoms with Crippen molar-refractivity contribution in [2.75, 3.05) is 13.3 Å². The van der Waals surface area contributed by atoms with Crippen LogP contribution in [0.4, 0.5) is 0 Å². The van der Waals surface area contributed by atoms with Crippen molar-refractivity contribution in [3.8, 4) is 56.4 Å². The van der Waals surface area contributed by atoms with Crippen molar-refractivity contribution in [2.45, 2.75) is 37.5 Å². The van der Waals surface area contributed by atoms with E-state index in [1.165, 1.54) is 30.4 Å². The van der Waals surface area contributed by atoms with Crippen molar-refractivity contribution in [1.29, 1.82) is 0 Å².